The molecule has 1 aromatic rings. The molecule has 2 nitrogen and oxygen atoms in total. The summed E-state index contributed by atoms with van der Waals surface area (Å²) in [7, 11) is 1.64. The van der Waals surface area contributed by atoms with Crippen LogP contribution in [0.3, 0.4) is 0 Å². The van der Waals surface area contributed by atoms with E-state index in [9.17, 15) is 4.79 Å². The zero-order valence-electron chi connectivity index (χ0n) is 9.87. The van der Waals surface area contributed by atoms with Crippen LogP contribution in [-0.4, -0.2) is 12.4 Å². The largest absolute Gasteiger partial charge is 0.497 e. The Morgan fingerprint density at radius 1 is 1.50 bits per heavy atom. The van der Waals surface area contributed by atoms with Crippen LogP contribution >= 0.6 is 11.6 Å². The van der Waals surface area contributed by atoms with Gasteiger partial charge in [-0.25, -0.2) is 0 Å². The van der Waals surface area contributed by atoms with Crippen LogP contribution in [-0.2, 0) is 4.79 Å². The Morgan fingerprint density at radius 2 is 2.19 bits per heavy atom. The molecule has 0 radical (unpaired) electrons. The van der Waals surface area contributed by atoms with Crippen molar-refractivity contribution in [1.82, 2.24) is 0 Å². The first-order valence-corrected chi connectivity index (χ1v) is 5.81. The number of hydrogen-bond acceptors (Lipinski definition) is 2. The number of hydrogen-bond donors (Lipinski definition) is 0. The fraction of sp³-hybridized carbons (Fsp3) is 0.462. The van der Waals surface area contributed by atoms with E-state index in [4.69, 9.17) is 16.3 Å². The fourth-order valence-corrected chi connectivity index (χ4v) is 2.06. The van der Waals surface area contributed by atoms with Crippen molar-refractivity contribution in [3.05, 3.63) is 29.8 Å². The summed E-state index contributed by atoms with van der Waals surface area (Å²) in [5.74, 6) is 0.795. The first-order chi connectivity index (χ1) is 7.60. The second-order valence-corrected chi connectivity index (χ2v) is 4.26. The SMILES string of the molecule is CC[C@@H](c1cccc(OC)c1)[C@@H](C)C(=O)Cl. The van der Waals surface area contributed by atoms with E-state index < -0.39 is 0 Å². The molecule has 0 fully saturated rings. The molecule has 0 amide bonds. The normalized spacial score (nSPS) is 14.2. The number of methoxy groups -OCH3 is 1. The predicted octanol–water partition coefficient (Wildman–Crippen LogP) is 3.59. The lowest BCUT2D eigenvalue weighted by Crippen LogP contribution is -2.15. The molecule has 0 aliphatic rings. The number of ether oxygens (including phenoxy) is 1. The van der Waals surface area contributed by atoms with Crippen LogP contribution in [0.2, 0.25) is 0 Å². The first-order valence-electron chi connectivity index (χ1n) is 5.43. The van der Waals surface area contributed by atoms with Crippen molar-refractivity contribution in [2.45, 2.75) is 26.2 Å². The minimum Gasteiger partial charge on any atom is -0.497 e. The third-order valence-corrected chi connectivity index (χ3v) is 3.27. The standard InChI is InChI=1S/C13H17ClO2/c1-4-12(9(2)13(14)15)10-6-5-7-11(8-10)16-3/h5-9,12H,4H2,1-3H3/t9-,12-/m1/s1. The number of halogens is 1. The van der Waals surface area contributed by atoms with Crippen molar-refractivity contribution in [1.29, 1.82) is 0 Å². The molecule has 0 saturated heterocycles. The smallest absolute Gasteiger partial charge is 0.225 e. The Kier molecular flexibility index (Phi) is 4.81. The van der Waals surface area contributed by atoms with Gasteiger partial charge in [-0.15, -0.1) is 0 Å². The average molecular weight is 241 g/mol. The third kappa shape index (κ3) is 2.99. The van der Waals surface area contributed by atoms with Gasteiger partial charge < -0.3 is 4.74 Å². The van der Waals surface area contributed by atoms with Crippen molar-refractivity contribution >= 4 is 16.8 Å². The minimum atomic E-state index is -0.283. The number of carbonyl (C=O) groups is 1. The van der Waals surface area contributed by atoms with Gasteiger partial charge in [0.25, 0.3) is 0 Å². The third-order valence-electron chi connectivity index (χ3n) is 2.92. The van der Waals surface area contributed by atoms with Crippen molar-refractivity contribution in [2.24, 2.45) is 5.92 Å². The summed E-state index contributed by atoms with van der Waals surface area (Å²) < 4.78 is 5.17. The molecule has 0 N–H and O–H groups in total. The van der Waals surface area contributed by atoms with E-state index in [1.54, 1.807) is 7.11 Å². The maximum absolute atomic E-state index is 11.2. The fourth-order valence-electron chi connectivity index (χ4n) is 1.91. The molecule has 0 bridgehead atoms. The molecule has 0 saturated carbocycles. The van der Waals surface area contributed by atoms with Crippen LogP contribution in [0.4, 0.5) is 0 Å². The Hall–Kier alpha value is -1.02. The Morgan fingerprint density at radius 3 is 2.69 bits per heavy atom. The van der Waals surface area contributed by atoms with Gasteiger partial charge in [0.1, 0.15) is 5.75 Å². The van der Waals surface area contributed by atoms with Crippen LogP contribution in [0.1, 0.15) is 31.7 Å². The van der Waals surface area contributed by atoms with Crippen LogP contribution in [0.25, 0.3) is 0 Å². The van der Waals surface area contributed by atoms with Crippen LogP contribution in [0.15, 0.2) is 24.3 Å². The Bertz CT molecular complexity index is 363. The van der Waals surface area contributed by atoms with E-state index in [1.165, 1.54) is 0 Å². The van der Waals surface area contributed by atoms with Gasteiger partial charge in [-0.05, 0) is 41.6 Å². The second kappa shape index (κ2) is 5.90. The van der Waals surface area contributed by atoms with Crippen molar-refractivity contribution in [3.63, 3.8) is 0 Å². The second-order valence-electron chi connectivity index (χ2n) is 3.88. The van der Waals surface area contributed by atoms with Gasteiger partial charge in [0, 0.05) is 5.92 Å². The molecule has 0 heterocycles. The van der Waals surface area contributed by atoms with E-state index in [1.807, 2.05) is 31.2 Å². The molecule has 3 heteroatoms. The molecule has 1 rings (SSSR count). The summed E-state index contributed by atoms with van der Waals surface area (Å²) in [6.07, 6.45) is 0.882. The number of carbonyl (C=O) groups excluding carboxylic acids is 1. The summed E-state index contributed by atoms with van der Waals surface area (Å²) in [6, 6.07) is 7.79. The highest BCUT2D eigenvalue weighted by atomic mass is 35.5. The van der Waals surface area contributed by atoms with E-state index in [0.29, 0.717) is 0 Å². The molecule has 0 spiro atoms. The van der Waals surface area contributed by atoms with Gasteiger partial charge in [-0.2, -0.15) is 0 Å². The van der Waals surface area contributed by atoms with E-state index >= 15 is 0 Å². The topological polar surface area (TPSA) is 26.3 Å². The highest BCUT2D eigenvalue weighted by Crippen LogP contribution is 2.31. The molecule has 88 valence electrons. The van der Waals surface area contributed by atoms with Crippen LogP contribution in [0.5, 0.6) is 5.75 Å². The Labute approximate surface area is 102 Å². The van der Waals surface area contributed by atoms with Gasteiger partial charge in [-0.1, -0.05) is 26.0 Å². The molecular weight excluding hydrogens is 224 g/mol. The van der Waals surface area contributed by atoms with Gasteiger partial charge in [0.05, 0.1) is 7.11 Å². The van der Waals surface area contributed by atoms with Gasteiger partial charge in [0.15, 0.2) is 0 Å². The number of rotatable bonds is 5. The van der Waals surface area contributed by atoms with Crippen molar-refractivity contribution < 1.29 is 9.53 Å². The summed E-state index contributed by atoms with van der Waals surface area (Å²) in [6.45, 7) is 3.92. The minimum absolute atomic E-state index is 0.153. The predicted molar refractivity (Wildman–Crippen MR) is 66.1 cm³/mol. The molecular formula is C13H17ClO2. The zero-order valence-corrected chi connectivity index (χ0v) is 10.6. The summed E-state index contributed by atoms with van der Waals surface area (Å²) in [4.78, 5) is 11.2. The van der Waals surface area contributed by atoms with Crippen LogP contribution in [0, 0.1) is 5.92 Å². The first kappa shape index (κ1) is 13.0. The van der Waals surface area contributed by atoms with Gasteiger partial charge >= 0.3 is 0 Å². The zero-order chi connectivity index (χ0) is 12.1. The van der Waals surface area contributed by atoms with Crippen molar-refractivity contribution in [3.8, 4) is 5.75 Å². The summed E-state index contributed by atoms with van der Waals surface area (Å²) in [5, 5.41) is -0.283. The molecule has 1 aromatic carbocycles. The van der Waals surface area contributed by atoms with E-state index in [0.717, 1.165) is 17.7 Å². The maximum Gasteiger partial charge on any atom is 0.225 e. The molecule has 0 aliphatic carbocycles. The summed E-state index contributed by atoms with van der Waals surface area (Å²) in [5.41, 5.74) is 1.10. The lowest BCUT2D eigenvalue weighted by molar-refractivity contribution is -0.115. The highest BCUT2D eigenvalue weighted by molar-refractivity contribution is 6.64. The lowest BCUT2D eigenvalue weighted by atomic mass is 9.86. The molecule has 16 heavy (non-hydrogen) atoms. The maximum atomic E-state index is 11.2. The molecule has 0 unspecified atom stereocenters. The van der Waals surface area contributed by atoms with E-state index in [-0.39, 0.29) is 17.1 Å². The lowest BCUT2D eigenvalue weighted by Gasteiger charge is -2.20. The van der Waals surface area contributed by atoms with Crippen molar-refractivity contribution in [2.75, 3.05) is 7.11 Å². The molecule has 0 aromatic heterocycles. The van der Waals surface area contributed by atoms with E-state index in [2.05, 4.69) is 6.92 Å². The quantitative estimate of drug-likeness (QED) is 0.736. The molecule has 0 aliphatic heterocycles. The monoisotopic (exact) mass is 240 g/mol. The number of benzene rings is 1. The van der Waals surface area contributed by atoms with Gasteiger partial charge in [0.2, 0.25) is 5.24 Å². The van der Waals surface area contributed by atoms with Gasteiger partial charge in [-0.3, -0.25) is 4.79 Å². The van der Waals surface area contributed by atoms with Crippen LogP contribution < -0.4 is 4.74 Å². The molecule has 2 atom stereocenters. The average Bonchev–Trinajstić information content (AvgIpc) is 2.30. The summed E-state index contributed by atoms with van der Waals surface area (Å²) >= 11 is 5.56. The Balaban J connectivity index is 2.98. The highest BCUT2D eigenvalue weighted by Gasteiger charge is 2.22.